The van der Waals surface area contributed by atoms with E-state index in [1.807, 2.05) is 17.9 Å². The summed E-state index contributed by atoms with van der Waals surface area (Å²) in [6, 6.07) is 3.48. The van der Waals surface area contributed by atoms with Crippen molar-refractivity contribution in [3.8, 4) is 0 Å². The molecule has 158 valence electrons. The molecular weight excluding hydrogens is 373 g/mol. The van der Waals surface area contributed by atoms with E-state index in [-0.39, 0.29) is 29.4 Å². The molecule has 1 atom stereocenters. The van der Waals surface area contributed by atoms with Gasteiger partial charge in [0.2, 0.25) is 5.91 Å². The van der Waals surface area contributed by atoms with Crippen LogP contribution in [0.25, 0.3) is 0 Å². The monoisotopic (exact) mass is 403 g/mol. The number of fused-ring (bicyclic) bond motifs is 1. The van der Waals surface area contributed by atoms with Gasteiger partial charge in [-0.3, -0.25) is 9.69 Å². The van der Waals surface area contributed by atoms with Crippen LogP contribution in [0.1, 0.15) is 44.2 Å². The molecule has 1 aromatic carbocycles. The van der Waals surface area contributed by atoms with Crippen LogP contribution in [0.3, 0.4) is 0 Å². The molecule has 0 spiro atoms. The molecule has 1 unspecified atom stereocenters. The Morgan fingerprint density at radius 1 is 1.28 bits per heavy atom. The van der Waals surface area contributed by atoms with Crippen molar-refractivity contribution in [3.05, 3.63) is 29.1 Å². The molecule has 0 saturated carbocycles. The van der Waals surface area contributed by atoms with Crippen molar-refractivity contribution >= 4 is 17.7 Å². The molecule has 0 radical (unpaired) electrons. The number of amides is 2. The SMILES string of the molecule is CCOC(=O)N1CCC(C)(N2CCC(N3C(=O)Cc4cc(F)c(C)cc43)CC2)C1. The summed E-state index contributed by atoms with van der Waals surface area (Å²) < 4.78 is 19.1. The van der Waals surface area contributed by atoms with E-state index in [9.17, 15) is 14.0 Å². The summed E-state index contributed by atoms with van der Waals surface area (Å²) >= 11 is 0. The first kappa shape index (κ1) is 20.1. The van der Waals surface area contributed by atoms with E-state index in [0.29, 0.717) is 25.1 Å². The summed E-state index contributed by atoms with van der Waals surface area (Å²) in [5.74, 6) is -0.169. The molecule has 7 heteroatoms. The lowest BCUT2D eigenvalue weighted by Crippen LogP contribution is -2.55. The maximum atomic E-state index is 13.9. The highest BCUT2D eigenvalue weighted by Gasteiger charge is 2.44. The van der Waals surface area contributed by atoms with Gasteiger partial charge >= 0.3 is 6.09 Å². The lowest BCUT2D eigenvalue weighted by Gasteiger charge is -2.44. The Balaban J connectivity index is 1.41. The van der Waals surface area contributed by atoms with Gasteiger partial charge in [0, 0.05) is 43.4 Å². The van der Waals surface area contributed by atoms with Crippen LogP contribution in [-0.4, -0.2) is 66.2 Å². The van der Waals surface area contributed by atoms with Crippen LogP contribution in [0, 0.1) is 12.7 Å². The first-order valence-corrected chi connectivity index (χ1v) is 10.6. The molecule has 2 amide bonds. The number of rotatable bonds is 3. The Hall–Kier alpha value is -2.15. The smallest absolute Gasteiger partial charge is 0.409 e. The predicted molar refractivity (Wildman–Crippen MR) is 109 cm³/mol. The second-order valence-electron chi connectivity index (χ2n) is 8.76. The third-order valence-corrected chi connectivity index (χ3v) is 6.80. The Morgan fingerprint density at radius 2 is 2.00 bits per heavy atom. The van der Waals surface area contributed by atoms with Gasteiger partial charge in [0.05, 0.1) is 13.0 Å². The van der Waals surface area contributed by atoms with Crippen LogP contribution in [0.2, 0.25) is 0 Å². The number of benzene rings is 1. The molecular formula is C22H30FN3O3. The van der Waals surface area contributed by atoms with E-state index in [4.69, 9.17) is 4.74 Å². The van der Waals surface area contributed by atoms with Crippen molar-refractivity contribution in [1.29, 1.82) is 0 Å². The van der Waals surface area contributed by atoms with Crippen molar-refractivity contribution in [2.75, 3.05) is 37.7 Å². The number of carbonyl (C=O) groups excluding carboxylic acids is 2. The number of hydrogen-bond acceptors (Lipinski definition) is 4. The fourth-order valence-electron chi connectivity index (χ4n) is 5.09. The minimum atomic E-state index is -0.242. The molecule has 0 bridgehead atoms. The predicted octanol–water partition coefficient (Wildman–Crippen LogP) is 3.11. The first-order chi connectivity index (χ1) is 13.8. The molecule has 0 aliphatic carbocycles. The molecule has 2 fully saturated rings. The fourth-order valence-corrected chi connectivity index (χ4v) is 5.09. The van der Waals surface area contributed by atoms with Gasteiger partial charge in [0.15, 0.2) is 0 Å². The molecule has 2 saturated heterocycles. The van der Waals surface area contributed by atoms with E-state index >= 15 is 0 Å². The number of nitrogens with zero attached hydrogens (tertiary/aromatic N) is 3. The van der Waals surface area contributed by atoms with Crippen molar-refractivity contribution in [2.24, 2.45) is 0 Å². The van der Waals surface area contributed by atoms with Gasteiger partial charge in [0.1, 0.15) is 5.82 Å². The van der Waals surface area contributed by atoms with E-state index in [1.54, 1.807) is 11.8 Å². The number of piperidine rings is 1. The van der Waals surface area contributed by atoms with Crippen molar-refractivity contribution < 1.29 is 18.7 Å². The summed E-state index contributed by atoms with van der Waals surface area (Å²) in [6.07, 6.45) is 2.76. The Bertz CT molecular complexity index is 822. The zero-order valence-electron chi connectivity index (χ0n) is 17.5. The minimum absolute atomic E-state index is 0.0512. The number of anilines is 1. The standard InChI is InChI=1S/C22H30FN3O3/c1-4-29-21(28)24-10-7-22(3,14-24)25-8-5-17(6-9-25)26-19-11-15(2)18(23)12-16(19)13-20(26)27/h11-12,17H,4-10,13-14H2,1-3H3. The summed E-state index contributed by atoms with van der Waals surface area (Å²) in [6.45, 7) is 9.36. The fraction of sp³-hybridized carbons (Fsp3) is 0.636. The molecule has 0 aromatic heterocycles. The molecule has 29 heavy (non-hydrogen) atoms. The second-order valence-corrected chi connectivity index (χ2v) is 8.76. The van der Waals surface area contributed by atoms with E-state index in [1.165, 1.54) is 6.07 Å². The molecule has 3 aliphatic rings. The lowest BCUT2D eigenvalue weighted by molar-refractivity contribution is -0.118. The maximum absolute atomic E-state index is 13.9. The Labute approximate surface area is 171 Å². The van der Waals surface area contributed by atoms with Crippen LogP contribution < -0.4 is 4.90 Å². The van der Waals surface area contributed by atoms with Crippen molar-refractivity contribution in [2.45, 2.75) is 58.0 Å². The third-order valence-electron chi connectivity index (χ3n) is 6.80. The first-order valence-electron chi connectivity index (χ1n) is 10.6. The van der Waals surface area contributed by atoms with Gasteiger partial charge in [0.25, 0.3) is 0 Å². The topological polar surface area (TPSA) is 53.1 Å². The highest BCUT2D eigenvalue weighted by Crippen LogP contribution is 2.37. The summed E-state index contributed by atoms with van der Waals surface area (Å²) in [7, 11) is 0. The highest BCUT2D eigenvalue weighted by molar-refractivity contribution is 6.02. The summed E-state index contributed by atoms with van der Waals surface area (Å²) in [5.41, 5.74) is 2.21. The Kier molecular flexibility index (Phi) is 5.27. The largest absolute Gasteiger partial charge is 0.450 e. The number of ether oxygens (including phenoxy) is 1. The number of halogens is 1. The maximum Gasteiger partial charge on any atom is 0.409 e. The van der Waals surface area contributed by atoms with Crippen LogP contribution in [0.15, 0.2) is 12.1 Å². The molecule has 4 rings (SSSR count). The van der Waals surface area contributed by atoms with Gasteiger partial charge in [-0.2, -0.15) is 0 Å². The van der Waals surface area contributed by atoms with Crippen LogP contribution in [0.5, 0.6) is 0 Å². The molecule has 3 heterocycles. The zero-order chi connectivity index (χ0) is 20.8. The van der Waals surface area contributed by atoms with Crippen molar-refractivity contribution in [1.82, 2.24) is 9.80 Å². The number of carbonyl (C=O) groups is 2. The van der Waals surface area contributed by atoms with Gasteiger partial charge in [-0.25, -0.2) is 9.18 Å². The van der Waals surface area contributed by atoms with Gasteiger partial charge in [-0.1, -0.05) is 0 Å². The Morgan fingerprint density at radius 3 is 2.69 bits per heavy atom. The van der Waals surface area contributed by atoms with Crippen LogP contribution in [-0.2, 0) is 16.0 Å². The third kappa shape index (κ3) is 3.61. The lowest BCUT2D eigenvalue weighted by atomic mass is 9.93. The normalized spacial score (nSPS) is 25.6. The molecule has 6 nitrogen and oxygen atoms in total. The van der Waals surface area contributed by atoms with Gasteiger partial charge in [-0.05, 0) is 63.3 Å². The molecule has 1 aromatic rings. The van der Waals surface area contributed by atoms with Crippen LogP contribution in [0.4, 0.5) is 14.9 Å². The van der Waals surface area contributed by atoms with E-state index in [2.05, 4.69) is 11.8 Å². The number of likely N-dealkylation sites (tertiary alicyclic amines) is 2. The second kappa shape index (κ2) is 7.59. The van der Waals surface area contributed by atoms with Gasteiger partial charge < -0.3 is 14.5 Å². The summed E-state index contributed by atoms with van der Waals surface area (Å²) in [5, 5.41) is 0. The highest BCUT2D eigenvalue weighted by atomic mass is 19.1. The van der Waals surface area contributed by atoms with Gasteiger partial charge in [-0.15, -0.1) is 0 Å². The van der Waals surface area contributed by atoms with Crippen LogP contribution >= 0.6 is 0 Å². The number of hydrogen-bond donors (Lipinski definition) is 0. The average molecular weight is 403 g/mol. The summed E-state index contributed by atoms with van der Waals surface area (Å²) in [4.78, 5) is 30.9. The van der Waals surface area contributed by atoms with E-state index < -0.39 is 0 Å². The quantitative estimate of drug-likeness (QED) is 0.778. The molecule has 3 aliphatic heterocycles. The minimum Gasteiger partial charge on any atom is -0.450 e. The van der Waals surface area contributed by atoms with Crippen molar-refractivity contribution in [3.63, 3.8) is 0 Å². The molecule has 0 N–H and O–H groups in total. The van der Waals surface area contributed by atoms with E-state index in [0.717, 1.165) is 50.1 Å². The zero-order valence-corrected chi connectivity index (χ0v) is 17.5. The number of aryl methyl sites for hydroxylation is 1. The average Bonchev–Trinajstić information content (AvgIpc) is 3.23.